The zero-order chi connectivity index (χ0) is 66.1. The molecule has 532 valence electrons. The number of allylic oxidation sites excluding steroid dienone is 18. The van der Waals surface area contributed by atoms with Crippen molar-refractivity contribution >= 4 is 11.9 Å². The lowest BCUT2D eigenvalue weighted by molar-refractivity contribution is -0.161. The van der Waals surface area contributed by atoms with Crippen LogP contribution in [0, 0.1) is 0 Å². The number of hydrogen-bond donors (Lipinski definition) is 1. The van der Waals surface area contributed by atoms with E-state index in [1.807, 2.05) is 0 Å². The maximum Gasteiger partial charge on any atom is 0.306 e. The highest BCUT2D eigenvalue weighted by Gasteiger charge is 2.16. The maximum absolute atomic E-state index is 12.4. The smallest absolute Gasteiger partial charge is 0.306 e. The predicted octanol–water partition coefficient (Wildman–Crippen LogP) is 28.7. The highest BCUT2D eigenvalue weighted by molar-refractivity contribution is 5.70. The second-order valence-corrected chi connectivity index (χ2v) is 27.1. The topological polar surface area (TPSA) is 72.8 Å². The Kier molecular flexibility index (Phi) is 78.7. The first-order valence-electron chi connectivity index (χ1n) is 40.4. The van der Waals surface area contributed by atoms with E-state index in [0.717, 1.165) is 96.3 Å². The summed E-state index contributed by atoms with van der Waals surface area (Å²) in [6.45, 7) is 4.07. The molecule has 1 N–H and O–H groups in total. The van der Waals surface area contributed by atoms with Crippen molar-refractivity contribution < 1.29 is 24.2 Å². The molecule has 1 unspecified atom stereocenters. The Labute approximate surface area is 573 Å². The van der Waals surface area contributed by atoms with Gasteiger partial charge in [-0.15, -0.1) is 0 Å². The lowest BCUT2D eigenvalue weighted by atomic mass is 10.0. The van der Waals surface area contributed by atoms with Crippen molar-refractivity contribution in [1.29, 1.82) is 0 Å². The lowest BCUT2D eigenvalue weighted by Gasteiger charge is -2.15. The summed E-state index contributed by atoms with van der Waals surface area (Å²) in [7, 11) is 0. The zero-order valence-corrected chi connectivity index (χ0v) is 61.3. The number of aliphatic hydroxyl groups is 1. The van der Waals surface area contributed by atoms with Crippen LogP contribution in [0.4, 0.5) is 0 Å². The van der Waals surface area contributed by atoms with Crippen LogP contribution in [0.1, 0.15) is 412 Å². The summed E-state index contributed by atoms with van der Waals surface area (Å²) in [6.07, 6.45) is 119. The third-order valence-electron chi connectivity index (χ3n) is 18.1. The average Bonchev–Trinajstić information content (AvgIpc) is 3.75. The van der Waals surface area contributed by atoms with E-state index in [1.54, 1.807) is 0 Å². The number of esters is 2. The summed E-state index contributed by atoms with van der Waals surface area (Å²) in [6, 6.07) is 0. The van der Waals surface area contributed by atoms with Gasteiger partial charge < -0.3 is 14.6 Å². The predicted molar refractivity (Wildman–Crippen MR) is 408 cm³/mol. The van der Waals surface area contributed by atoms with Crippen LogP contribution in [-0.2, 0) is 19.1 Å². The number of ether oxygens (including phenoxy) is 2. The van der Waals surface area contributed by atoms with Crippen molar-refractivity contribution in [2.75, 3.05) is 13.2 Å². The first-order chi connectivity index (χ1) is 45.6. The molecule has 0 aliphatic carbocycles. The van der Waals surface area contributed by atoms with Gasteiger partial charge in [0.25, 0.3) is 0 Å². The van der Waals surface area contributed by atoms with Crippen molar-refractivity contribution in [2.45, 2.75) is 418 Å². The van der Waals surface area contributed by atoms with E-state index < -0.39 is 6.10 Å². The van der Waals surface area contributed by atoms with Crippen LogP contribution in [0.3, 0.4) is 0 Å². The van der Waals surface area contributed by atoms with Crippen molar-refractivity contribution in [3.63, 3.8) is 0 Å². The molecular weight excluding hydrogens is 1120 g/mol. The number of aliphatic hydroxyl groups excluding tert-OH is 1. The van der Waals surface area contributed by atoms with Gasteiger partial charge in [-0.05, 0) is 83.5 Å². The SMILES string of the molecule is CC/C=C\C/C=C\C/C=C\C/C=C\C/C=C\C/C=C\C/C=C\C/C=C\C/C=C\CCCCCCCCCCCCCC(=O)OC(CO)COC(=O)CCCCCCCCCCCCCCCCCCCCCCCCCCCCCCCCCCCCCCCCC. The van der Waals surface area contributed by atoms with E-state index in [4.69, 9.17) is 9.47 Å². The zero-order valence-electron chi connectivity index (χ0n) is 61.3. The van der Waals surface area contributed by atoms with E-state index in [0.29, 0.717) is 12.8 Å². The van der Waals surface area contributed by atoms with Gasteiger partial charge in [-0.3, -0.25) is 9.59 Å². The first-order valence-corrected chi connectivity index (χ1v) is 40.4. The quantitative estimate of drug-likeness (QED) is 0.0373. The van der Waals surface area contributed by atoms with Crippen LogP contribution in [-0.4, -0.2) is 36.4 Å². The molecular formula is C87H154O5. The largest absolute Gasteiger partial charge is 0.462 e. The minimum atomic E-state index is -0.780. The molecule has 0 fully saturated rings. The summed E-state index contributed by atoms with van der Waals surface area (Å²) < 4.78 is 10.8. The molecule has 0 amide bonds. The van der Waals surface area contributed by atoms with Crippen molar-refractivity contribution in [1.82, 2.24) is 0 Å². The molecule has 0 aliphatic rings. The van der Waals surface area contributed by atoms with Crippen LogP contribution in [0.2, 0.25) is 0 Å². The molecule has 0 saturated carbocycles. The molecule has 0 aliphatic heterocycles. The van der Waals surface area contributed by atoms with Gasteiger partial charge in [0.15, 0.2) is 6.10 Å². The van der Waals surface area contributed by atoms with E-state index in [1.165, 1.54) is 289 Å². The number of rotatable bonds is 75. The second-order valence-electron chi connectivity index (χ2n) is 27.1. The Morgan fingerprint density at radius 3 is 0.707 bits per heavy atom. The molecule has 0 radical (unpaired) electrons. The van der Waals surface area contributed by atoms with Gasteiger partial charge in [0.05, 0.1) is 6.61 Å². The highest BCUT2D eigenvalue weighted by Crippen LogP contribution is 2.20. The van der Waals surface area contributed by atoms with E-state index in [2.05, 4.69) is 123 Å². The fourth-order valence-corrected chi connectivity index (χ4v) is 12.1. The van der Waals surface area contributed by atoms with Gasteiger partial charge in [0.1, 0.15) is 6.61 Å². The van der Waals surface area contributed by atoms with Gasteiger partial charge in [0, 0.05) is 12.8 Å². The normalized spacial score (nSPS) is 12.8. The standard InChI is InChI=1S/C87H154O5/c1-3-5-7-9-11-13-15-17-19-21-23-25-27-29-31-33-35-37-39-41-43-45-47-49-51-53-55-57-59-61-63-65-67-69-71-73-75-77-79-81-86(89)91-84-85(83-88)92-87(90)82-80-78-76-74-72-70-68-66-64-62-60-58-56-54-52-50-48-46-44-42-40-38-36-34-32-30-28-26-24-22-20-18-16-14-12-10-8-6-4-2/h6,8,12,14,18,20,24,26,30,32,36,38,42,44,48,50,54,56,85,88H,3-5,7,9-11,13,15-17,19,21-23,25,27-29,31,33-35,37,39-41,43,45-47,49,51-53,55,57-84H2,1-2H3/b8-6-,14-12-,20-18-,26-24-,32-30-,38-36-,44-42-,50-48-,56-54-. The van der Waals surface area contributed by atoms with E-state index >= 15 is 0 Å². The Hall–Kier alpha value is -3.44. The summed E-state index contributed by atoms with van der Waals surface area (Å²) in [5.74, 6) is -0.580. The van der Waals surface area contributed by atoms with Crippen LogP contribution in [0.15, 0.2) is 109 Å². The number of unbranched alkanes of at least 4 members (excludes halogenated alkanes) is 49. The Morgan fingerprint density at radius 1 is 0.261 bits per heavy atom. The molecule has 92 heavy (non-hydrogen) atoms. The van der Waals surface area contributed by atoms with Crippen LogP contribution >= 0.6 is 0 Å². The molecule has 0 saturated heterocycles. The Morgan fingerprint density at radius 2 is 0.467 bits per heavy atom. The average molecular weight is 1280 g/mol. The van der Waals surface area contributed by atoms with Crippen molar-refractivity contribution in [3.8, 4) is 0 Å². The molecule has 0 spiro atoms. The van der Waals surface area contributed by atoms with Crippen LogP contribution < -0.4 is 0 Å². The second kappa shape index (κ2) is 81.8. The minimum absolute atomic E-state index is 0.0670. The van der Waals surface area contributed by atoms with Gasteiger partial charge in [-0.1, -0.05) is 425 Å². The molecule has 0 bridgehead atoms. The van der Waals surface area contributed by atoms with Gasteiger partial charge in [-0.2, -0.15) is 0 Å². The maximum atomic E-state index is 12.4. The summed E-state index contributed by atoms with van der Waals surface area (Å²) in [5, 5.41) is 9.73. The molecule has 5 heteroatoms. The summed E-state index contributed by atoms with van der Waals surface area (Å²) in [5.41, 5.74) is 0. The molecule has 0 aromatic rings. The minimum Gasteiger partial charge on any atom is -0.462 e. The monoisotopic (exact) mass is 1280 g/mol. The van der Waals surface area contributed by atoms with Crippen LogP contribution in [0.25, 0.3) is 0 Å². The van der Waals surface area contributed by atoms with Gasteiger partial charge >= 0.3 is 11.9 Å². The molecule has 1 atom stereocenters. The lowest BCUT2D eigenvalue weighted by Crippen LogP contribution is -2.28. The van der Waals surface area contributed by atoms with E-state index in [9.17, 15) is 14.7 Å². The van der Waals surface area contributed by atoms with E-state index in [-0.39, 0.29) is 25.2 Å². The fraction of sp³-hybridized carbons (Fsp3) is 0.770. The van der Waals surface area contributed by atoms with Crippen molar-refractivity contribution in [2.24, 2.45) is 0 Å². The van der Waals surface area contributed by atoms with Gasteiger partial charge in [0.2, 0.25) is 0 Å². The first kappa shape index (κ1) is 88.6. The van der Waals surface area contributed by atoms with Gasteiger partial charge in [-0.25, -0.2) is 0 Å². The van der Waals surface area contributed by atoms with Crippen LogP contribution in [0.5, 0.6) is 0 Å². The summed E-state index contributed by atoms with van der Waals surface area (Å²) in [4.78, 5) is 24.7. The number of carbonyl (C=O) groups is 2. The third kappa shape index (κ3) is 79.0. The third-order valence-corrected chi connectivity index (χ3v) is 18.1. The molecule has 0 rings (SSSR count). The molecule has 0 heterocycles. The summed E-state index contributed by atoms with van der Waals surface area (Å²) >= 11 is 0. The highest BCUT2D eigenvalue weighted by atomic mass is 16.6. The Bertz CT molecular complexity index is 1740. The number of carbonyl (C=O) groups excluding carboxylic acids is 2. The van der Waals surface area contributed by atoms with Crippen molar-refractivity contribution in [3.05, 3.63) is 109 Å². The molecule has 0 aromatic carbocycles. The fourth-order valence-electron chi connectivity index (χ4n) is 12.1. The number of hydrogen-bond acceptors (Lipinski definition) is 5. The Balaban J connectivity index is 3.44. The molecule has 5 nitrogen and oxygen atoms in total. The molecule has 0 aromatic heterocycles.